The fourth-order valence-corrected chi connectivity index (χ4v) is 3.15. The average molecular weight is 354 g/mol. The second kappa shape index (κ2) is 7.47. The molecule has 0 atom stereocenters. The van der Waals surface area contributed by atoms with E-state index in [-0.39, 0.29) is 11.8 Å². The molecule has 0 fully saturated rings. The minimum Gasteiger partial charge on any atom is -0.497 e. The Bertz CT molecular complexity index is 848. The van der Waals surface area contributed by atoms with E-state index in [1.807, 2.05) is 24.3 Å². The molecular formula is C20H22N2O4. The zero-order valence-corrected chi connectivity index (χ0v) is 15.2. The zero-order chi connectivity index (χ0) is 18.7. The smallest absolute Gasteiger partial charge is 0.251 e. The van der Waals surface area contributed by atoms with Crippen molar-refractivity contribution in [3.8, 4) is 11.5 Å². The van der Waals surface area contributed by atoms with Crippen LogP contribution in [0.15, 0.2) is 36.4 Å². The molecule has 1 aliphatic heterocycles. The van der Waals surface area contributed by atoms with Gasteiger partial charge in [0.15, 0.2) is 0 Å². The highest BCUT2D eigenvalue weighted by atomic mass is 16.5. The number of ether oxygens (including phenoxy) is 2. The number of carbonyl (C=O) groups excluding carboxylic acids is 2. The molecule has 26 heavy (non-hydrogen) atoms. The summed E-state index contributed by atoms with van der Waals surface area (Å²) in [5, 5.41) is 2.91. The molecule has 0 unspecified atom stereocenters. The first-order valence-corrected chi connectivity index (χ1v) is 8.43. The van der Waals surface area contributed by atoms with Crippen LogP contribution in [0.25, 0.3) is 0 Å². The van der Waals surface area contributed by atoms with Crippen LogP contribution in [0.5, 0.6) is 11.5 Å². The molecule has 0 bridgehead atoms. The largest absolute Gasteiger partial charge is 0.497 e. The third-order valence-corrected chi connectivity index (χ3v) is 4.55. The molecule has 2 aromatic carbocycles. The van der Waals surface area contributed by atoms with Gasteiger partial charge in [-0.15, -0.1) is 0 Å². The van der Waals surface area contributed by atoms with Gasteiger partial charge >= 0.3 is 0 Å². The van der Waals surface area contributed by atoms with E-state index in [0.717, 1.165) is 23.2 Å². The monoisotopic (exact) mass is 354 g/mol. The Labute approximate surface area is 152 Å². The summed E-state index contributed by atoms with van der Waals surface area (Å²) in [5.41, 5.74) is 3.37. The van der Waals surface area contributed by atoms with E-state index in [9.17, 15) is 9.59 Å². The lowest BCUT2D eigenvalue weighted by atomic mass is 10.1. The first kappa shape index (κ1) is 17.8. The van der Waals surface area contributed by atoms with Crippen LogP contribution in [0, 0.1) is 0 Å². The van der Waals surface area contributed by atoms with Gasteiger partial charge in [0.25, 0.3) is 5.91 Å². The number of hydrogen-bond acceptors (Lipinski definition) is 4. The molecule has 6 nitrogen and oxygen atoms in total. The molecule has 1 aliphatic rings. The van der Waals surface area contributed by atoms with Crippen LogP contribution in [-0.2, 0) is 17.8 Å². The summed E-state index contributed by atoms with van der Waals surface area (Å²) in [7, 11) is 3.18. The Morgan fingerprint density at radius 1 is 1.12 bits per heavy atom. The van der Waals surface area contributed by atoms with Gasteiger partial charge in [-0.1, -0.05) is 0 Å². The van der Waals surface area contributed by atoms with Crippen LogP contribution in [0.1, 0.15) is 28.4 Å². The van der Waals surface area contributed by atoms with Crippen molar-refractivity contribution in [1.82, 2.24) is 5.32 Å². The lowest BCUT2D eigenvalue weighted by Crippen LogP contribution is -2.26. The Morgan fingerprint density at radius 3 is 2.62 bits per heavy atom. The molecule has 0 spiro atoms. The average Bonchev–Trinajstić information content (AvgIpc) is 3.09. The van der Waals surface area contributed by atoms with Gasteiger partial charge in [-0.25, -0.2) is 0 Å². The van der Waals surface area contributed by atoms with Crippen molar-refractivity contribution in [2.75, 3.05) is 25.7 Å². The van der Waals surface area contributed by atoms with Crippen molar-refractivity contribution in [2.45, 2.75) is 19.9 Å². The van der Waals surface area contributed by atoms with Gasteiger partial charge < -0.3 is 19.7 Å². The van der Waals surface area contributed by atoms with Gasteiger partial charge in [0.05, 0.1) is 14.2 Å². The molecule has 1 heterocycles. The van der Waals surface area contributed by atoms with E-state index in [1.165, 1.54) is 0 Å². The number of nitrogens with zero attached hydrogens (tertiary/aromatic N) is 1. The van der Waals surface area contributed by atoms with Gasteiger partial charge in [0.2, 0.25) is 5.91 Å². The number of carbonyl (C=O) groups is 2. The standard InChI is InChI=1S/C20H22N2O4/c1-13(23)22-9-8-14-10-15(5-7-18(14)22)20(24)21-12-16-4-6-17(25-2)11-19(16)26-3/h4-7,10-11H,8-9,12H2,1-3H3,(H,21,24). The van der Waals surface area contributed by atoms with Crippen LogP contribution in [0.4, 0.5) is 5.69 Å². The van der Waals surface area contributed by atoms with Gasteiger partial charge in [-0.2, -0.15) is 0 Å². The predicted molar refractivity (Wildman–Crippen MR) is 98.9 cm³/mol. The molecule has 0 aromatic heterocycles. The number of methoxy groups -OCH3 is 2. The van der Waals surface area contributed by atoms with Crippen molar-refractivity contribution in [2.24, 2.45) is 0 Å². The Hall–Kier alpha value is -3.02. The highest BCUT2D eigenvalue weighted by Gasteiger charge is 2.23. The van der Waals surface area contributed by atoms with Gasteiger partial charge in [-0.05, 0) is 42.3 Å². The summed E-state index contributed by atoms with van der Waals surface area (Å²) in [6, 6.07) is 10.9. The molecular weight excluding hydrogens is 332 g/mol. The van der Waals surface area contributed by atoms with Crippen molar-refractivity contribution < 1.29 is 19.1 Å². The first-order valence-electron chi connectivity index (χ1n) is 8.43. The summed E-state index contributed by atoms with van der Waals surface area (Å²) in [6.07, 6.45) is 0.766. The van der Waals surface area contributed by atoms with E-state index in [0.29, 0.717) is 30.2 Å². The van der Waals surface area contributed by atoms with E-state index in [1.54, 1.807) is 38.2 Å². The van der Waals surface area contributed by atoms with Crippen molar-refractivity contribution >= 4 is 17.5 Å². The Morgan fingerprint density at radius 2 is 1.92 bits per heavy atom. The van der Waals surface area contributed by atoms with Crippen molar-refractivity contribution in [3.05, 3.63) is 53.1 Å². The lowest BCUT2D eigenvalue weighted by molar-refractivity contribution is -0.116. The molecule has 3 rings (SSSR count). The normalized spacial score (nSPS) is 12.5. The maximum absolute atomic E-state index is 12.5. The molecule has 0 saturated carbocycles. The summed E-state index contributed by atoms with van der Waals surface area (Å²) < 4.78 is 10.5. The predicted octanol–water partition coefficient (Wildman–Crippen LogP) is 2.54. The Kier molecular flexibility index (Phi) is 5.11. The minimum absolute atomic E-state index is 0.0209. The van der Waals surface area contributed by atoms with E-state index < -0.39 is 0 Å². The molecule has 136 valence electrons. The number of hydrogen-bond donors (Lipinski definition) is 1. The molecule has 0 radical (unpaired) electrons. The maximum Gasteiger partial charge on any atom is 0.251 e. The highest BCUT2D eigenvalue weighted by Crippen LogP contribution is 2.29. The van der Waals surface area contributed by atoms with Crippen molar-refractivity contribution in [1.29, 1.82) is 0 Å². The van der Waals surface area contributed by atoms with Crippen LogP contribution in [-0.4, -0.2) is 32.6 Å². The van der Waals surface area contributed by atoms with E-state index >= 15 is 0 Å². The number of fused-ring (bicyclic) bond motifs is 1. The molecule has 1 N–H and O–H groups in total. The lowest BCUT2D eigenvalue weighted by Gasteiger charge is -2.15. The SMILES string of the molecule is COc1ccc(CNC(=O)c2ccc3c(c2)CCN3C(C)=O)c(OC)c1. The molecule has 2 aromatic rings. The molecule has 2 amide bonds. The number of anilines is 1. The second-order valence-electron chi connectivity index (χ2n) is 6.12. The molecule has 0 saturated heterocycles. The molecule has 0 aliphatic carbocycles. The fraction of sp³-hybridized carbons (Fsp3) is 0.300. The van der Waals surface area contributed by atoms with Crippen LogP contribution in [0.3, 0.4) is 0 Å². The summed E-state index contributed by atoms with van der Waals surface area (Å²) >= 11 is 0. The van der Waals surface area contributed by atoms with E-state index in [4.69, 9.17) is 9.47 Å². The topological polar surface area (TPSA) is 67.9 Å². The zero-order valence-electron chi connectivity index (χ0n) is 15.2. The van der Waals surface area contributed by atoms with Crippen LogP contribution in [0.2, 0.25) is 0 Å². The van der Waals surface area contributed by atoms with Gasteiger partial charge in [-0.3, -0.25) is 9.59 Å². The highest BCUT2D eigenvalue weighted by molar-refractivity contribution is 5.97. The number of rotatable bonds is 5. The number of benzene rings is 2. The maximum atomic E-state index is 12.5. The van der Waals surface area contributed by atoms with Gasteiger partial charge in [0.1, 0.15) is 11.5 Å². The van der Waals surface area contributed by atoms with Crippen LogP contribution < -0.4 is 19.7 Å². The molecule has 6 heteroatoms. The van der Waals surface area contributed by atoms with Crippen molar-refractivity contribution in [3.63, 3.8) is 0 Å². The number of nitrogens with one attached hydrogen (secondary N) is 1. The van der Waals surface area contributed by atoms with Gasteiger partial charge in [0, 0.05) is 42.9 Å². The second-order valence-corrected chi connectivity index (χ2v) is 6.12. The minimum atomic E-state index is -0.160. The first-order chi connectivity index (χ1) is 12.5. The third kappa shape index (κ3) is 3.49. The fourth-order valence-electron chi connectivity index (χ4n) is 3.15. The summed E-state index contributed by atoms with van der Waals surface area (Å²) in [6.45, 7) is 2.57. The Balaban J connectivity index is 1.71. The quantitative estimate of drug-likeness (QED) is 0.896. The van der Waals surface area contributed by atoms with E-state index in [2.05, 4.69) is 5.32 Å². The van der Waals surface area contributed by atoms with Crippen LogP contribution >= 0.6 is 0 Å². The number of amides is 2. The summed E-state index contributed by atoms with van der Waals surface area (Å²) in [5.74, 6) is 1.22. The summed E-state index contributed by atoms with van der Waals surface area (Å²) in [4.78, 5) is 25.9. The third-order valence-electron chi connectivity index (χ3n) is 4.55.